The van der Waals surface area contributed by atoms with E-state index in [0.29, 0.717) is 19.3 Å². The molecule has 0 aromatic carbocycles. The molecule has 0 spiro atoms. The Morgan fingerprint density at radius 1 is 1.30 bits per heavy atom. The van der Waals surface area contributed by atoms with E-state index in [4.69, 9.17) is 9.57 Å². The molecule has 0 heterocycles. The lowest BCUT2D eigenvalue weighted by atomic mass is 10.4. The first kappa shape index (κ1) is 9.88. The average molecular weight is 147 g/mol. The van der Waals surface area contributed by atoms with E-state index in [1.54, 1.807) is 0 Å². The Morgan fingerprint density at radius 3 is 2.50 bits per heavy atom. The Morgan fingerprint density at radius 2 is 2.00 bits per heavy atom. The number of hydrogen-bond donors (Lipinski definition) is 1. The van der Waals surface area contributed by atoms with Crippen LogP contribution in [-0.2, 0) is 9.57 Å². The van der Waals surface area contributed by atoms with Crippen molar-refractivity contribution in [3.05, 3.63) is 0 Å². The molecule has 0 aliphatic carbocycles. The molecule has 0 aliphatic heterocycles. The maximum Gasteiger partial charge on any atom is 0.0916 e. The molecule has 0 aromatic rings. The van der Waals surface area contributed by atoms with Crippen molar-refractivity contribution in [1.82, 2.24) is 5.48 Å². The van der Waals surface area contributed by atoms with Gasteiger partial charge in [-0.05, 0) is 20.8 Å². The maximum atomic E-state index is 5.05. The van der Waals surface area contributed by atoms with Crippen molar-refractivity contribution >= 4 is 0 Å². The second-order valence-corrected chi connectivity index (χ2v) is 2.32. The minimum Gasteiger partial charge on any atom is -0.379 e. The molecule has 0 bridgehead atoms. The predicted octanol–water partition coefficient (Wildman–Crippen LogP) is 0.952. The van der Waals surface area contributed by atoms with Crippen LogP contribution in [0.25, 0.3) is 0 Å². The zero-order valence-electron chi connectivity index (χ0n) is 7.02. The molecule has 0 amide bonds. The topological polar surface area (TPSA) is 30.5 Å². The summed E-state index contributed by atoms with van der Waals surface area (Å²) in [5, 5.41) is 0. The van der Waals surface area contributed by atoms with Gasteiger partial charge in [-0.25, -0.2) is 0 Å². The van der Waals surface area contributed by atoms with Gasteiger partial charge in [0, 0.05) is 12.6 Å². The summed E-state index contributed by atoms with van der Waals surface area (Å²) in [6.45, 7) is 8.06. The van der Waals surface area contributed by atoms with Gasteiger partial charge in [0.05, 0.1) is 13.2 Å². The molecule has 0 aliphatic rings. The van der Waals surface area contributed by atoms with Crippen molar-refractivity contribution in [2.75, 3.05) is 19.8 Å². The Labute approximate surface area is 62.7 Å². The number of ether oxygens (including phenoxy) is 1. The molecule has 0 fully saturated rings. The van der Waals surface area contributed by atoms with Crippen LogP contribution in [0.2, 0.25) is 0 Å². The van der Waals surface area contributed by atoms with Crippen molar-refractivity contribution in [2.45, 2.75) is 26.8 Å². The summed E-state index contributed by atoms with van der Waals surface area (Å²) >= 11 is 0. The van der Waals surface area contributed by atoms with Gasteiger partial charge in [-0.15, -0.1) is 0 Å². The minimum atomic E-state index is 0.377. The third kappa shape index (κ3) is 7.88. The van der Waals surface area contributed by atoms with E-state index in [1.807, 2.05) is 20.8 Å². The molecule has 0 rings (SSSR count). The van der Waals surface area contributed by atoms with E-state index in [-0.39, 0.29) is 0 Å². The molecule has 0 unspecified atom stereocenters. The van der Waals surface area contributed by atoms with Crippen molar-refractivity contribution in [3.63, 3.8) is 0 Å². The minimum absolute atomic E-state index is 0.377. The van der Waals surface area contributed by atoms with Crippen LogP contribution in [0.3, 0.4) is 0 Å². The van der Waals surface area contributed by atoms with Crippen LogP contribution in [-0.4, -0.2) is 25.9 Å². The molecule has 10 heavy (non-hydrogen) atoms. The molecule has 0 aromatic heterocycles. The maximum absolute atomic E-state index is 5.05. The summed E-state index contributed by atoms with van der Waals surface area (Å²) in [5.41, 5.74) is 2.82. The molecular formula is C7H17NO2. The Balaban J connectivity index is 2.77. The van der Waals surface area contributed by atoms with Crippen LogP contribution in [0.5, 0.6) is 0 Å². The molecule has 0 radical (unpaired) electrons. The Hall–Kier alpha value is -0.120. The number of rotatable bonds is 6. The SMILES string of the molecule is CCOCCONC(C)C. The van der Waals surface area contributed by atoms with Gasteiger partial charge < -0.3 is 4.74 Å². The van der Waals surface area contributed by atoms with Crippen LogP contribution in [0, 0.1) is 0 Å². The van der Waals surface area contributed by atoms with Gasteiger partial charge in [-0.3, -0.25) is 4.84 Å². The van der Waals surface area contributed by atoms with E-state index in [1.165, 1.54) is 0 Å². The fraction of sp³-hybridized carbons (Fsp3) is 1.00. The van der Waals surface area contributed by atoms with Gasteiger partial charge in [0.1, 0.15) is 0 Å². The number of hydroxylamine groups is 1. The quantitative estimate of drug-likeness (QED) is 0.448. The highest BCUT2D eigenvalue weighted by Crippen LogP contribution is 1.78. The lowest BCUT2D eigenvalue weighted by molar-refractivity contribution is -0.0134. The summed E-state index contributed by atoms with van der Waals surface area (Å²) in [6.07, 6.45) is 0. The second kappa shape index (κ2) is 6.99. The smallest absolute Gasteiger partial charge is 0.0916 e. The third-order valence-electron chi connectivity index (χ3n) is 0.853. The van der Waals surface area contributed by atoms with Crippen molar-refractivity contribution in [2.24, 2.45) is 0 Å². The van der Waals surface area contributed by atoms with Gasteiger partial charge >= 0.3 is 0 Å². The highest BCUT2D eigenvalue weighted by Gasteiger charge is 1.90. The van der Waals surface area contributed by atoms with Gasteiger partial charge in [0.2, 0.25) is 0 Å². The lowest BCUT2D eigenvalue weighted by Crippen LogP contribution is -2.24. The number of hydrogen-bond acceptors (Lipinski definition) is 3. The standard InChI is InChI=1S/C7H17NO2/c1-4-9-5-6-10-8-7(2)3/h7-8H,4-6H2,1-3H3. The van der Waals surface area contributed by atoms with E-state index in [2.05, 4.69) is 5.48 Å². The van der Waals surface area contributed by atoms with Gasteiger partial charge in [0.15, 0.2) is 0 Å². The summed E-state index contributed by atoms with van der Waals surface area (Å²) in [7, 11) is 0. The van der Waals surface area contributed by atoms with E-state index in [9.17, 15) is 0 Å². The van der Waals surface area contributed by atoms with E-state index < -0.39 is 0 Å². The number of nitrogens with one attached hydrogen (secondary N) is 1. The Bertz CT molecular complexity index is 66.6. The van der Waals surface area contributed by atoms with E-state index >= 15 is 0 Å². The molecule has 3 nitrogen and oxygen atoms in total. The molecule has 0 atom stereocenters. The van der Waals surface area contributed by atoms with Crippen molar-refractivity contribution in [1.29, 1.82) is 0 Å². The van der Waals surface area contributed by atoms with Gasteiger partial charge in [0.25, 0.3) is 0 Å². The monoisotopic (exact) mass is 147 g/mol. The van der Waals surface area contributed by atoms with Crippen molar-refractivity contribution in [3.8, 4) is 0 Å². The largest absolute Gasteiger partial charge is 0.379 e. The zero-order chi connectivity index (χ0) is 7.82. The van der Waals surface area contributed by atoms with Crippen LogP contribution in [0.4, 0.5) is 0 Å². The highest BCUT2D eigenvalue weighted by molar-refractivity contribution is 4.38. The summed E-state index contributed by atoms with van der Waals surface area (Å²) < 4.78 is 5.05. The first-order valence-electron chi connectivity index (χ1n) is 3.72. The first-order valence-corrected chi connectivity index (χ1v) is 3.72. The zero-order valence-corrected chi connectivity index (χ0v) is 7.02. The van der Waals surface area contributed by atoms with Crippen LogP contribution >= 0.6 is 0 Å². The normalized spacial score (nSPS) is 10.8. The van der Waals surface area contributed by atoms with Crippen LogP contribution < -0.4 is 5.48 Å². The molecule has 1 N–H and O–H groups in total. The molecular weight excluding hydrogens is 130 g/mol. The Kier molecular flexibility index (Phi) is 6.91. The molecule has 62 valence electrons. The third-order valence-corrected chi connectivity index (χ3v) is 0.853. The fourth-order valence-corrected chi connectivity index (χ4v) is 0.471. The highest BCUT2D eigenvalue weighted by atomic mass is 16.7. The summed E-state index contributed by atoms with van der Waals surface area (Å²) in [6, 6.07) is 0.377. The van der Waals surface area contributed by atoms with Crippen LogP contribution in [0.15, 0.2) is 0 Å². The fourth-order valence-electron chi connectivity index (χ4n) is 0.471. The lowest BCUT2D eigenvalue weighted by Gasteiger charge is -2.07. The van der Waals surface area contributed by atoms with Crippen molar-refractivity contribution < 1.29 is 9.57 Å². The van der Waals surface area contributed by atoms with Crippen LogP contribution in [0.1, 0.15) is 20.8 Å². The summed E-state index contributed by atoms with van der Waals surface area (Å²) in [4.78, 5) is 5.02. The molecule has 0 saturated heterocycles. The van der Waals surface area contributed by atoms with E-state index in [0.717, 1.165) is 6.61 Å². The second-order valence-electron chi connectivity index (χ2n) is 2.32. The van der Waals surface area contributed by atoms with Gasteiger partial charge in [-0.2, -0.15) is 5.48 Å². The molecule has 0 saturated carbocycles. The first-order chi connectivity index (χ1) is 4.77. The average Bonchev–Trinajstić information content (AvgIpc) is 1.87. The van der Waals surface area contributed by atoms with Gasteiger partial charge in [-0.1, -0.05) is 0 Å². The summed E-state index contributed by atoms with van der Waals surface area (Å²) in [5.74, 6) is 0. The predicted molar refractivity (Wildman–Crippen MR) is 40.7 cm³/mol. The molecule has 3 heteroatoms.